The van der Waals surface area contributed by atoms with Crippen LogP contribution in [0, 0.1) is 37.4 Å². The van der Waals surface area contributed by atoms with E-state index in [1.54, 1.807) is 6.21 Å². The summed E-state index contributed by atoms with van der Waals surface area (Å²) >= 11 is 0. The van der Waals surface area contributed by atoms with E-state index >= 15 is 4.39 Å². The molecule has 3 aromatic rings. The molecule has 37 heavy (non-hydrogen) atoms. The van der Waals surface area contributed by atoms with Gasteiger partial charge in [0.05, 0.1) is 6.61 Å². The van der Waals surface area contributed by atoms with Crippen LogP contribution in [-0.2, 0) is 5.41 Å². The SMILES string of the molecule is CCOc1ccccc1-c1cc(C)cc(F)c1N=Cc1cc(C)cc(C23CC4CC(CC(C4)C2)C3)c1O. The molecule has 0 aliphatic heterocycles. The van der Waals surface area contributed by atoms with Gasteiger partial charge in [-0.25, -0.2) is 4.39 Å². The van der Waals surface area contributed by atoms with Crippen molar-refractivity contribution in [1.29, 1.82) is 0 Å². The van der Waals surface area contributed by atoms with Crippen molar-refractivity contribution in [3.8, 4) is 22.6 Å². The Bertz CT molecular complexity index is 1340. The molecule has 7 rings (SSSR count). The lowest BCUT2D eigenvalue weighted by atomic mass is 9.48. The summed E-state index contributed by atoms with van der Waals surface area (Å²) in [4.78, 5) is 4.67. The molecule has 4 heteroatoms. The van der Waals surface area contributed by atoms with Crippen molar-refractivity contribution in [3.05, 3.63) is 76.6 Å². The minimum Gasteiger partial charge on any atom is -0.507 e. The Labute approximate surface area is 219 Å². The molecule has 4 bridgehead atoms. The summed E-state index contributed by atoms with van der Waals surface area (Å²) in [5.41, 5.74) is 5.50. The average Bonchev–Trinajstić information content (AvgIpc) is 2.84. The number of aromatic hydroxyl groups is 1. The second kappa shape index (κ2) is 9.31. The van der Waals surface area contributed by atoms with E-state index in [2.05, 4.69) is 18.0 Å². The Morgan fingerprint density at radius 3 is 2.27 bits per heavy atom. The van der Waals surface area contributed by atoms with Crippen LogP contribution in [0.1, 0.15) is 67.7 Å². The number of para-hydroxylation sites is 1. The van der Waals surface area contributed by atoms with Crippen molar-refractivity contribution in [2.75, 3.05) is 6.61 Å². The van der Waals surface area contributed by atoms with Gasteiger partial charge in [0.15, 0.2) is 0 Å². The molecular weight excluding hydrogens is 461 g/mol. The van der Waals surface area contributed by atoms with Crippen molar-refractivity contribution in [2.45, 2.75) is 64.7 Å². The molecule has 4 aliphatic rings. The Kier molecular flexibility index (Phi) is 6.09. The second-order valence-electron chi connectivity index (χ2n) is 11.8. The number of phenols is 1. The van der Waals surface area contributed by atoms with E-state index in [4.69, 9.17) is 4.74 Å². The number of ether oxygens (including phenoxy) is 1. The van der Waals surface area contributed by atoms with Gasteiger partial charge in [-0.3, -0.25) is 4.99 Å². The van der Waals surface area contributed by atoms with Gasteiger partial charge in [-0.1, -0.05) is 24.3 Å². The summed E-state index contributed by atoms with van der Waals surface area (Å²) in [5.74, 6) is 3.01. The fraction of sp³-hybridized carbons (Fsp3) is 0.424. The zero-order valence-corrected chi connectivity index (χ0v) is 22.1. The van der Waals surface area contributed by atoms with E-state index in [-0.39, 0.29) is 16.9 Å². The number of aryl methyl sites for hydroxylation is 2. The van der Waals surface area contributed by atoms with Crippen molar-refractivity contribution in [3.63, 3.8) is 0 Å². The number of benzene rings is 3. The van der Waals surface area contributed by atoms with Crippen molar-refractivity contribution in [1.82, 2.24) is 0 Å². The third-order valence-corrected chi connectivity index (χ3v) is 8.91. The smallest absolute Gasteiger partial charge is 0.149 e. The maximum Gasteiger partial charge on any atom is 0.149 e. The first-order chi connectivity index (χ1) is 17.8. The van der Waals surface area contributed by atoms with Gasteiger partial charge < -0.3 is 9.84 Å². The van der Waals surface area contributed by atoms with Crippen LogP contribution in [0.5, 0.6) is 11.5 Å². The van der Waals surface area contributed by atoms with Crippen LogP contribution in [0.2, 0.25) is 0 Å². The van der Waals surface area contributed by atoms with Crippen molar-refractivity contribution >= 4 is 11.9 Å². The quantitative estimate of drug-likeness (QED) is 0.347. The van der Waals surface area contributed by atoms with Crippen LogP contribution in [-0.4, -0.2) is 17.9 Å². The minimum absolute atomic E-state index is 0.0736. The predicted octanol–water partition coefficient (Wildman–Crippen LogP) is 8.43. The molecule has 0 heterocycles. The standard InChI is InChI=1S/C33H36FNO2/c1-4-37-30-8-6-5-7-26(30)27-10-21(3)12-29(34)31(27)35-19-25-9-20(2)11-28(32(25)36)33-16-22-13-23(17-33)15-24(14-22)18-33/h5-12,19,22-24,36H,4,13-18H2,1-3H3. The van der Waals surface area contributed by atoms with Crippen LogP contribution < -0.4 is 4.74 Å². The molecule has 192 valence electrons. The fourth-order valence-electron chi connectivity index (χ4n) is 7.93. The van der Waals surface area contributed by atoms with Crippen LogP contribution in [0.25, 0.3) is 11.1 Å². The third kappa shape index (κ3) is 4.35. The predicted molar refractivity (Wildman–Crippen MR) is 148 cm³/mol. The molecule has 4 saturated carbocycles. The second-order valence-corrected chi connectivity index (χ2v) is 11.8. The van der Waals surface area contributed by atoms with Crippen LogP contribution in [0.15, 0.2) is 53.5 Å². The normalized spacial score (nSPS) is 26.2. The zero-order chi connectivity index (χ0) is 25.7. The topological polar surface area (TPSA) is 41.8 Å². The molecule has 3 nitrogen and oxygen atoms in total. The first-order valence-electron chi connectivity index (χ1n) is 13.8. The number of nitrogens with zero attached hydrogens (tertiary/aromatic N) is 1. The minimum atomic E-state index is -0.383. The van der Waals surface area contributed by atoms with E-state index in [1.165, 1.54) is 44.6 Å². The molecule has 0 amide bonds. The summed E-state index contributed by atoms with van der Waals surface area (Å²) < 4.78 is 21.2. The highest BCUT2D eigenvalue weighted by molar-refractivity contribution is 5.90. The van der Waals surface area contributed by atoms with Gasteiger partial charge in [0.25, 0.3) is 0 Å². The summed E-state index contributed by atoms with van der Waals surface area (Å²) in [6, 6.07) is 15.3. The Morgan fingerprint density at radius 2 is 1.59 bits per heavy atom. The molecule has 0 atom stereocenters. The lowest BCUT2D eigenvalue weighted by molar-refractivity contribution is -0.00616. The molecule has 4 fully saturated rings. The molecule has 4 aliphatic carbocycles. The Hall–Kier alpha value is -3.14. The van der Waals surface area contributed by atoms with E-state index < -0.39 is 0 Å². The van der Waals surface area contributed by atoms with Crippen LogP contribution in [0.4, 0.5) is 10.1 Å². The number of rotatable bonds is 6. The first kappa shape index (κ1) is 24.2. The molecule has 3 aromatic carbocycles. The van der Waals surface area contributed by atoms with Crippen molar-refractivity contribution < 1.29 is 14.2 Å². The van der Waals surface area contributed by atoms with Gasteiger partial charge in [-0.05, 0) is 118 Å². The lowest BCUT2D eigenvalue weighted by Gasteiger charge is -2.57. The molecule has 1 N–H and O–H groups in total. The first-order valence-corrected chi connectivity index (χ1v) is 13.8. The van der Waals surface area contributed by atoms with E-state index in [0.29, 0.717) is 29.2 Å². The van der Waals surface area contributed by atoms with Gasteiger partial charge in [-0.2, -0.15) is 0 Å². The Balaban J connectivity index is 1.42. The Morgan fingerprint density at radius 1 is 0.946 bits per heavy atom. The highest BCUT2D eigenvalue weighted by Gasteiger charge is 2.52. The van der Waals surface area contributed by atoms with Gasteiger partial charge in [0.2, 0.25) is 0 Å². The van der Waals surface area contributed by atoms with E-state index in [9.17, 15) is 5.11 Å². The maximum atomic E-state index is 15.4. The monoisotopic (exact) mass is 497 g/mol. The number of hydrogen-bond donors (Lipinski definition) is 1. The maximum absolute atomic E-state index is 15.4. The summed E-state index contributed by atoms with van der Waals surface area (Å²) in [5, 5.41) is 11.6. The molecule has 0 spiro atoms. The number of hydrogen-bond acceptors (Lipinski definition) is 3. The van der Waals surface area contributed by atoms with Crippen LogP contribution >= 0.6 is 0 Å². The molecular formula is C33H36FNO2. The van der Waals surface area contributed by atoms with Crippen molar-refractivity contribution in [2.24, 2.45) is 22.7 Å². The number of aliphatic imine (C=N–C) groups is 1. The fourth-order valence-corrected chi connectivity index (χ4v) is 7.93. The van der Waals surface area contributed by atoms with Gasteiger partial charge >= 0.3 is 0 Å². The van der Waals surface area contributed by atoms with E-state index in [0.717, 1.165) is 40.0 Å². The summed E-state index contributed by atoms with van der Waals surface area (Å²) in [7, 11) is 0. The highest BCUT2D eigenvalue weighted by Crippen LogP contribution is 2.62. The molecule has 0 unspecified atom stereocenters. The third-order valence-electron chi connectivity index (χ3n) is 8.91. The molecule has 0 radical (unpaired) electrons. The van der Waals surface area contributed by atoms with Gasteiger partial charge in [0, 0.05) is 28.5 Å². The van der Waals surface area contributed by atoms with Gasteiger partial charge in [-0.15, -0.1) is 0 Å². The number of halogens is 1. The largest absolute Gasteiger partial charge is 0.507 e. The molecule has 0 aromatic heterocycles. The van der Waals surface area contributed by atoms with Gasteiger partial charge in [0.1, 0.15) is 23.0 Å². The zero-order valence-electron chi connectivity index (χ0n) is 22.1. The average molecular weight is 498 g/mol. The lowest BCUT2D eigenvalue weighted by Crippen LogP contribution is -2.48. The van der Waals surface area contributed by atoms with E-state index in [1.807, 2.05) is 50.2 Å². The van der Waals surface area contributed by atoms with Crippen LogP contribution in [0.3, 0.4) is 0 Å². The summed E-state index contributed by atoms with van der Waals surface area (Å²) in [6.07, 6.45) is 9.26. The summed E-state index contributed by atoms with van der Waals surface area (Å²) in [6.45, 7) is 6.42. The molecule has 0 saturated heterocycles. The number of phenolic OH excluding ortho intramolecular Hbond substituents is 1. The highest BCUT2D eigenvalue weighted by atomic mass is 19.1.